The van der Waals surface area contributed by atoms with Crippen molar-refractivity contribution in [3.8, 4) is 0 Å². The fourth-order valence-electron chi connectivity index (χ4n) is 4.96. The van der Waals surface area contributed by atoms with E-state index in [1.165, 1.54) is 42.3 Å². The molecule has 4 nitrogen and oxygen atoms in total. The van der Waals surface area contributed by atoms with E-state index >= 15 is 0 Å². The summed E-state index contributed by atoms with van der Waals surface area (Å²) in [5, 5.41) is 12.3. The Morgan fingerprint density at radius 2 is 1.74 bits per heavy atom. The number of hydrogen-bond donors (Lipinski definition) is 1. The number of piperazine rings is 1. The van der Waals surface area contributed by atoms with E-state index in [9.17, 15) is 5.11 Å². The second kappa shape index (κ2) is 8.70. The summed E-state index contributed by atoms with van der Waals surface area (Å²) in [7, 11) is 2.23. The summed E-state index contributed by atoms with van der Waals surface area (Å²) in [5.74, 6) is 0. The molecule has 2 heterocycles. The normalized spacial score (nSPS) is 23.9. The van der Waals surface area contributed by atoms with E-state index in [0.717, 1.165) is 32.6 Å². The Hall–Kier alpha value is -1.46. The molecule has 1 N–H and O–H groups in total. The largest absolute Gasteiger partial charge is 0.396 e. The van der Waals surface area contributed by atoms with Crippen LogP contribution in [-0.4, -0.2) is 78.3 Å². The van der Waals surface area contributed by atoms with Crippen LogP contribution in [0.4, 0.5) is 0 Å². The Morgan fingerprint density at radius 3 is 2.56 bits per heavy atom. The lowest BCUT2D eigenvalue weighted by Crippen LogP contribution is -2.58. The minimum Gasteiger partial charge on any atom is -0.396 e. The van der Waals surface area contributed by atoms with Gasteiger partial charge in [0.1, 0.15) is 0 Å². The molecular formula is C23H33N3O. The maximum Gasteiger partial charge on any atom is 0.0446 e. The molecule has 1 atom stereocenters. The highest BCUT2D eigenvalue weighted by molar-refractivity contribution is 5.85. The maximum atomic E-state index is 9.64. The van der Waals surface area contributed by atoms with E-state index in [2.05, 4.69) is 64.2 Å². The number of nitrogens with zero attached hydrogens (tertiary/aromatic N) is 3. The lowest BCUT2D eigenvalue weighted by Gasteiger charge is -2.47. The summed E-state index contributed by atoms with van der Waals surface area (Å²) in [6.07, 6.45) is 3.42. The van der Waals surface area contributed by atoms with Gasteiger partial charge in [-0.2, -0.15) is 0 Å². The van der Waals surface area contributed by atoms with Crippen molar-refractivity contribution in [3.05, 3.63) is 48.0 Å². The van der Waals surface area contributed by atoms with Gasteiger partial charge in [-0.05, 0) is 55.7 Å². The van der Waals surface area contributed by atoms with Gasteiger partial charge in [-0.1, -0.05) is 42.5 Å². The number of fused-ring (bicyclic) bond motifs is 1. The first-order valence-corrected chi connectivity index (χ1v) is 10.5. The molecule has 0 aromatic heterocycles. The molecule has 2 aromatic carbocycles. The van der Waals surface area contributed by atoms with E-state index in [0.29, 0.717) is 12.1 Å². The van der Waals surface area contributed by atoms with Crippen molar-refractivity contribution in [3.63, 3.8) is 0 Å². The van der Waals surface area contributed by atoms with E-state index in [1.807, 2.05) is 0 Å². The highest BCUT2D eigenvalue weighted by Crippen LogP contribution is 2.25. The molecule has 2 aromatic rings. The van der Waals surface area contributed by atoms with Gasteiger partial charge in [-0.15, -0.1) is 0 Å². The van der Waals surface area contributed by atoms with Crippen LogP contribution in [0.15, 0.2) is 42.5 Å². The summed E-state index contributed by atoms with van der Waals surface area (Å²) in [5.41, 5.74) is 1.42. The number of hydrogen-bond acceptors (Lipinski definition) is 4. The molecule has 0 spiro atoms. The van der Waals surface area contributed by atoms with Crippen LogP contribution < -0.4 is 0 Å². The number of likely N-dealkylation sites (tertiary alicyclic amines) is 1. The molecule has 2 fully saturated rings. The summed E-state index contributed by atoms with van der Waals surface area (Å²) < 4.78 is 0. The highest BCUT2D eigenvalue weighted by atomic mass is 16.3. The SMILES string of the molecule is CN1CCC(N2CCN(Cc3cccc4ccccc34)C[C@@H]2CCO)CC1. The van der Waals surface area contributed by atoms with Crippen molar-refractivity contribution in [2.45, 2.75) is 37.9 Å². The van der Waals surface area contributed by atoms with Crippen molar-refractivity contribution in [2.75, 3.05) is 46.4 Å². The van der Waals surface area contributed by atoms with Crippen LogP contribution in [-0.2, 0) is 6.54 Å². The molecule has 2 aliphatic rings. The van der Waals surface area contributed by atoms with Crippen molar-refractivity contribution in [2.24, 2.45) is 0 Å². The first-order chi connectivity index (χ1) is 13.2. The molecule has 4 heteroatoms. The second-order valence-corrected chi connectivity index (χ2v) is 8.31. The number of aliphatic hydroxyl groups excluding tert-OH is 1. The minimum atomic E-state index is 0.288. The molecule has 4 rings (SSSR count). The zero-order valence-corrected chi connectivity index (χ0v) is 16.6. The molecule has 0 saturated carbocycles. The molecule has 0 bridgehead atoms. The third kappa shape index (κ3) is 4.35. The van der Waals surface area contributed by atoms with Crippen molar-refractivity contribution in [1.82, 2.24) is 14.7 Å². The molecule has 146 valence electrons. The minimum absolute atomic E-state index is 0.288. The van der Waals surface area contributed by atoms with Crippen LogP contribution in [0.25, 0.3) is 10.8 Å². The topological polar surface area (TPSA) is 30.0 Å². The molecule has 2 saturated heterocycles. The van der Waals surface area contributed by atoms with Crippen molar-refractivity contribution >= 4 is 10.8 Å². The quantitative estimate of drug-likeness (QED) is 0.880. The molecule has 0 radical (unpaired) electrons. The third-order valence-corrected chi connectivity index (χ3v) is 6.51. The number of piperidine rings is 1. The van der Waals surface area contributed by atoms with E-state index in [-0.39, 0.29) is 6.61 Å². The van der Waals surface area contributed by atoms with Gasteiger partial charge in [0.05, 0.1) is 0 Å². The number of rotatable bonds is 5. The first-order valence-electron chi connectivity index (χ1n) is 10.5. The predicted molar refractivity (Wildman–Crippen MR) is 112 cm³/mol. The summed E-state index contributed by atoms with van der Waals surface area (Å²) >= 11 is 0. The fourth-order valence-corrected chi connectivity index (χ4v) is 4.96. The van der Waals surface area contributed by atoms with Gasteiger partial charge in [0, 0.05) is 44.9 Å². The zero-order chi connectivity index (χ0) is 18.6. The fraction of sp³-hybridized carbons (Fsp3) is 0.565. The monoisotopic (exact) mass is 367 g/mol. The maximum absolute atomic E-state index is 9.64. The summed E-state index contributed by atoms with van der Waals surface area (Å²) in [6.45, 7) is 7.01. The lowest BCUT2D eigenvalue weighted by molar-refractivity contribution is 0.00611. The lowest BCUT2D eigenvalue weighted by atomic mass is 9.97. The Labute approximate surface area is 163 Å². The van der Waals surface area contributed by atoms with Crippen LogP contribution in [0.5, 0.6) is 0 Å². The second-order valence-electron chi connectivity index (χ2n) is 8.31. The number of benzene rings is 2. The van der Waals surface area contributed by atoms with Crippen molar-refractivity contribution in [1.29, 1.82) is 0 Å². The zero-order valence-electron chi connectivity index (χ0n) is 16.6. The van der Waals surface area contributed by atoms with Gasteiger partial charge >= 0.3 is 0 Å². The standard InChI is InChI=1S/C23H33N3O/c1-24-12-9-21(10-13-24)26-15-14-25(18-22(26)11-16-27)17-20-7-4-6-19-5-2-3-8-23(19)20/h2-8,21-22,27H,9-18H2,1H3/t22-/m0/s1. The molecule has 2 aliphatic heterocycles. The summed E-state index contributed by atoms with van der Waals surface area (Å²) in [4.78, 5) is 7.74. The van der Waals surface area contributed by atoms with Crippen LogP contribution in [0.1, 0.15) is 24.8 Å². The van der Waals surface area contributed by atoms with E-state index < -0.39 is 0 Å². The Morgan fingerprint density at radius 1 is 0.963 bits per heavy atom. The number of aliphatic hydroxyl groups is 1. The molecular weight excluding hydrogens is 334 g/mol. The van der Waals surface area contributed by atoms with Crippen LogP contribution in [0, 0.1) is 0 Å². The average Bonchev–Trinajstić information content (AvgIpc) is 2.70. The highest BCUT2D eigenvalue weighted by Gasteiger charge is 2.33. The third-order valence-electron chi connectivity index (χ3n) is 6.51. The Bertz CT molecular complexity index is 736. The molecule has 0 amide bonds. The van der Waals surface area contributed by atoms with Crippen LogP contribution >= 0.6 is 0 Å². The van der Waals surface area contributed by atoms with Crippen LogP contribution in [0.2, 0.25) is 0 Å². The van der Waals surface area contributed by atoms with E-state index in [1.54, 1.807) is 0 Å². The Kier molecular flexibility index (Phi) is 6.08. The van der Waals surface area contributed by atoms with Gasteiger partial charge in [0.2, 0.25) is 0 Å². The van der Waals surface area contributed by atoms with Gasteiger partial charge < -0.3 is 10.0 Å². The average molecular weight is 368 g/mol. The van der Waals surface area contributed by atoms with Gasteiger partial charge in [-0.3, -0.25) is 9.80 Å². The molecule has 0 aliphatic carbocycles. The van der Waals surface area contributed by atoms with E-state index in [4.69, 9.17) is 0 Å². The summed E-state index contributed by atoms with van der Waals surface area (Å²) in [6, 6.07) is 16.5. The molecule has 27 heavy (non-hydrogen) atoms. The molecule has 0 unspecified atom stereocenters. The first kappa shape index (κ1) is 18.9. The van der Waals surface area contributed by atoms with Crippen molar-refractivity contribution < 1.29 is 5.11 Å². The van der Waals surface area contributed by atoms with Gasteiger partial charge in [-0.25, -0.2) is 0 Å². The van der Waals surface area contributed by atoms with Crippen LogP contribution in [0.3, 0.4) is 0 Å². The van der Waals surface area contributed by atoms with Gasteiger partial charge in [0.15, 0.2) is 0 Å². The van der Waals surface area contributed by atoms with Gasteiger partial charge in [0.25, 0.3) is 0 Å². The predicted octanol–water partition coefficient (Wildman–Crippen LogP) is 2.80. The smallest absolute Gasteiger partial charge is 0.0446 e. The Balaban J connectivity index is 1.45.